The Kier molecular flexibility index (Phi) is 5.22. The summed E-state index contributed by atoms with van der Waals surface area (Å²) in [7, 11) is 0. The third kappa shape index (κ3) is 3.01. The van der Waals surface area contributed by atoms with Crippen LogP contribution < -0.4 is 0 Å². The SMILES string of the molecule is C.C[SiH](C)[Zr]([C]1=CC=CC1)[C]1=CC=CC1. The molecule has 0 amide bonds. The summed E-state index contributed by atoms with van der Waals surface area (Å²) >= 11 is -1.29. The molecule has 0 saturated carbocycles. The van der Waals surface area contributed by atoms with Gasteiger partial charge in [0.1, 0.15) is 0 Å². The van der Waals surface area contributed by atoms with Crippen molar-refractivity contribution in [2.45, 2.75) is 33.4 Å². The summed E-state index contributed by atoms with van der Waals surface area (Å²) in [4.78, 5) is 0. The Hall–Kier alpha value is 0.0600. The van der Waals surface area contributed by atoms with E-state index in [1.54, 1.807) is 0 Å². The third-order valence-electron chi connectivity index (χ3n) is 2.81. The molecule has 0 unspecified atom stereocenters. The third-order valence-corrected chi connectivity index (χ3v) is 22.1. The van der Waals surface area contributed by atoms with E-state index < -0.39 is 26.8 Å². The first-order chi connectivity index (χ1) is 6.79. The van der Waals surface area contributed by atoms with Gasteiger partial charge in [-0.1, -0.05) is 7.43 Å². The second-order valence-electron chi connectivity index (χ2n) is 4.22. The Morgan fingerprint density at radius 1 is 1.00 bits per heavy atom. The molecule has 2 rings (SSSR count). The van der Waals surface area contributed by atoms with E-state index >= 15 is 0 Å². The van der Waals surface area contributed by atoms with Crippen LogP contribution in [0.15, 0.2) is 43.0 Å². The summed E-state index contributed by atoms with van der Waals surface area (Å²) in [6, 6.07) is 0. The monoisotopic (exact) mass is 295 g/mol. The van der Waals surface area contributed by atoms with Gasteiger partial charge in [-0.3, -0.25) is 0 Å². The van der Waals surface area contributed by atoms with Crippen LogP contribution in [0.25, 0.3) is 0 Å². The van der Waals surface area contributed by atoms with Crippen LogP contribution >= 0.6 is 0 Å². The van der Waals surface area contributed by atoms with E-state index in [1.807, 2.05) is 6.56 Å². The van der Waals surface area contributed by atoms with Crippen molar-refractivity contribution in [1.82, 2.24) is 0 Å². The fourth-order valence-electron chi connectivity index (χ4n) is 2.24. The molecular weight excluding hydrogens is 275 g/mol. The molecule has 0 radical (unpaired) electrons. The summed E-state index contributed by atoms with van der Waals surface area (Å²) < 4.78 is 3.70. The molecule has 81 valence electrons. The molecule has 0 fully saturated rings. The van der Waals surface area contributed by atoms with E-state index in [0.29, 0.717) is 0 Å². The van der Waals surface area contributed by atoms with Gasteiger partial charge in [0.25, 0.3) is 0 Å². The van der Waals surface area contributed by atoms with E-state index in [4.69, 9.17) is 0 Å². The van der Waals surface area contributed by atoms with Crippen LogP contribution in [0.2, 0.25) is 13.1 Å². The van der Waals surface area contributed by atoms with E-state index in [2.05, 4.69) is 49.6 Å². The Morgan fingerprint density at radius 3 is 1.73 bits per heavy atom. The summed E-state index contributed by atoms with van der Waals surface area (Å²) in [5.41, 5.74) is 0. The van der Waals surface area contributed by atoms with Crippen molar-refractivity contribution in [3.8, 4) is 0 Å². The second kappa shape index (κ2) is 5.96. The number of hydrogen-bond donors (Lipinski definition) is 0. The maximum absolute atomic E-state index is 2.55. The molecular formula is C13H21SiZr. The molecule has 2 aliphatic carbocycles. The topological polar surface area (TPSA) is 0 Å². The minimum absolute atomic E-state index is 0. The van der Waals surface area contributed by atoms with Gasteiger partial charge in [-0.15, -0.1) is 0 Å². The van der Waals surface area contributed by atoms with Gasteiger partial charge in [0.05, 0.1) is 0 Å². The van der Waals surface area contributed by atoms with Gasteiger partial charge >= 0.3 is 95.8 Å². The zero-order valence-corrected chi connectivity index (χ0v) is 12.6. The standard InChI is InChI=1S/2C5H5.C2H7Si.CH4.Zr/c2*1-2-4-5-3-1;1-3-2;;/h2*1-3H,4H2;3H,1-2H3;1H4;. The first-order valence-corrected chi connectivity index (χ1v) is 15.0. The summed E-state index contributed by atoms with van der Waals surface area (Å²) in [6.07, 6.45) is 16.6. The van der Waals surface area contributed by atoms with Crippen LogP contribution in [0.1, 0.15) is 20.3 Å². The van der Waals surface area contributed by atoms with Crippen LogP contribution in [0, 0.1) is 0 Å². The van der Waals surface area contributed by atoms with Gasteiger partial charge in [-0.05, 0) is 0 Å². The maximum atomic E-state index is 2.55. The number of hydrogen-bond acceptors (Lipinski definition) is 0. The molecule has 15 heavy (non-hydrogen) atoms. The molecule has 0 bridgehead atoms. The normalized spacial score (nSPS) is 17.8. The summed E-state index contributed by atoms with van der Waals surface area (Å²) in [6.45, 7) is 5.10. The van der Waals surface area contributed by atoms with Crippen LogP contribution in [-0.2, 0) is 20.9 Å². The Labute approximate surface area is 103 Å². The van der Waals surface area contributed by atoms with Crippen molar-refractivity contribution in [3.63, 3.8) is 0 Å². The van der Waals surface area contributed by atoms with Gasteiger partial charge in [0.2, 0.25) is 0 Å². The van der Waals surface area contributed by atoms with Crippen LogP contribution in [0.3, 0.4) is 0 Å². The molecule has 0 saturated heterocycles. The average molecular weight is 297 g/mol. The first kappa shape index (κ1) is 13.1. The van der Waals surface area contributed by atoms with Crippen molar-refractivity contribution in [3.05, 3.63) is 43.0 Å². The quantitative estimate of drug-likeness (QED) is 0.693. The van der Waals surface area contributed by atoms with Crippen LogP contribution in [0.4, 0.5) is 0 Å². The van der Waals surface area contributed by atoms with E-state index in [9.17, 15) is 0 Å². The number of rotatable bonds is 3. The molecule has 0 nitrogen and oxygen atoms in total. The van der Waals surface area contributed by atoms with Gasteiger partial charge in [-0.25, -0.2) is 0 Å². The minimum atomic E-state index is -1.29. The molecule has 0 spiro atoms. The molecule has 0 atom stereocenters. The van der Waals surface area contributed by atoms with Crippen LogP contribution in [-0.4, -0.2) is 5.92 Å². The van der Waals surface area contributed by atoms with E-state index in [0.717, 1.165) is 0 Å². The van der Waals surface area contributed by atoms with Crippen molar-refractivity contribution in [2.75, 3.05) is 0 Å². The van der Waals surface area contributed by atoms with Gasteiger partial charge in [0, 0.05) is 0 Å². The first-order valence-electron chi connectivity index (χ1n) is 5.38. The summed E-state index contributed by atoms with van der Waals surface area (Å²) in [5.74, 6) is -0.412. The molecule has 0 aliphatic heterocycles. The zero-order chi connectivity index (χ0) is 9.97. The van der Waals surface area contributed by atoms with E-state index in [1.165, 1.54) is 12.8 Å². The Morgan fingerprint density at radius 2 is 1.47 bits per heavy atom. The van der Waals surface area contributed by atoms with Crippen molar-refractivity contribution < 1.29 is 20.9 Å². The Balaban J connectivity index is 0.00000112. The fourth-order valence-corrected chi connectivity index (χ4v) is 21.2. The molecule has 2 aliphatic rings. The predicted octanol–water partition coefficient (Wildman–Crippen LogP) is 3.91. The molecule has 0 heterocycles. The van der Waals surface area contributed by atoms with Gasteiger partial charge in [0.15, 0.2) is 0 Å². The molecule has 0 aromatic carbocycles. The zero-order valence-electron chi connectivity index (χ0n) is 8.96. The van der Waals surface area contributed by atoms with Crippen molar-refractivity contribution >= 4 is 5.92 Å². The second-order valence-corrected chi connectivity index (χ2v) is 23.6. The number of allylic oxidation sites excluding steroid dienone is 8. The van der Waals surface area contributed by atoms with Crippen LogP contribution in [0.5, 0.6) is 0 Å². The molecule has 0 aromatic heterocycles. The summed E-state index contributed by atoms with van der Waals surface area (Å²) in [5, 5.41) is 0. The molecule has 0 aromatic rings. The van der Waals surface area contributed by atoms with Crippen molar-refractivity contribution in [2.24, 2.45) is 0 Å². The van der Waals surface area contributed by atoms with E-state index in [-0.39, 0.29) is 7.43 Å². The fraction of sp³-hybridized carbons (Fsp3) is 0.385. The molecule has 0 N–H and O–H groups in total. The van der Waals surface area contributed by atoms with Crippen molar-refractivity contribution in [1.29, 1.82) is 0 Å². The Bertz CT molecular complexity index is 304. The van der Waals surface area contributed by atoms with Gasteiger partial charge in [-0.2, -0.15) is 0 Å². The van der Waals surface area contributed by atoms with Gasteiger partial charge < -0.3 is 0 Å². The average Bonchev–Trinajstić information content (AvgIpc) is 2.75. The predicted molar refractivity (Wildman–Crippen MR) is 69.3 cm³/mol. The molecule has 2 heteroatoms.